The molecule has 0 bridgehead atoms. The fraction of sp³-hybridized carbons (Fsp3) is 0.136. The van der Waals surface area contributed by atoms with Gasteiger partial charge in [-0.15, -0.1) is 0 Å². The fourth-order valence-electron chi connectivity index (χ4n) is 3.11. The van der Waals surface area contributed by atoms with Gasteiger partial charge in [-0.3, -0.25) is 4.79 Å². The molecular formula is C22H19ClN4O. The topological polar surface area (TPSA) is 63.6 Å². The molecule has 0 saturated heterocycles. The quantitative estimate of drug-likeness (QED) is 0.558. The van der Waals surface area contributed by atoms with Crippen LogP contribution in [0.2, 0.25) is 5.15 Å². The lowest BCUT2D eigenvalue weighted by molar-refractivity contribution is 0.863. The SMILES string of the molecule is Cc1ccc(-c2cc(Cc3c(C)nn(-c4ccccc4)c3Cl)c(=O)[nH]n2)cc1. The molecule has 0 atom stereocenters. The van der Waals surface area contributed by atoms with Crippen molar-refractivity contribution in [2.75, 3.05) is 0 Å². The molecule has 1 N–H and O–H groups in total. The highest BCUT2D eigenvalue weighted by molar-refractivity contribution is 6.30. The summed E-state index contributed by atoms with van der Waals surface area (Å²) < 4.78 is 1.70. The summed E-state index contributed by atoms with van der Waals surface area (Å²) in [7, 11) is 0. The molecule has 0 aliphatic carbocycles. The number of nitrogens with one attached hydrogen (secondary N) is 1. The molecular weight excluding hydrogens is 372 g/mol. The molecule has 0 fully saturated rings. The number of aromatic amines is 1. The fourth-order valence-corrected chi connectivity index (χ4v) is 3.45. The summed E-state index contributed by atoms with van der Waals surface area (Å²) in [5.41, 5.74) is 5.72. The third-order valence-electron chi connectivity index (χ3n) is 4.72. The van der Waals surface area contributed by atoms with Crippen LogP contribution in [0.4, 0.5) is 0 Å². The number of aryl methyl sites for hydroxylation is 2. The summed E-state index contributed by atoms with van der Waals surface area (Å²) >= 11 is 6.61. The van der Waals surface area contributed by atoms with Gasteiger partial charge >= 0.3 is 0 Å². The second kappa shape index (κ2) is 7.44. The zero-order chi connectivity index (χ0) is 19.7. The number of H-pyrrole nitrogens is 1. The maximum Gasteiger partial charge on any atom is 0.267 e. The molecule has 0 radical (unpaired) electrons. The highest BCUT2D eigenvalue weighted by Crippen LogP contribution is 2.26. The lowest BCUT2D eigenvalue weighted by Gasteiger charge is -2.06. The van der Waals surface area contributed by atoms with E-state index in [2.05, 4.69) is 15.3 Å². The molecule has 5 nitrogen and oxygen atoms in total. The summed E-state index contributed by atoms with van der Waals surface area (Å²) in [6.07, 6.45) is 0.383. The number of halogens is 1. The van der Waals surface area contributed by atoms with Crippen LogP contribution in [-0.2, 0) is 6.42 Å². The number of aromatic nitrogens is 4. The predicted molar refractivity (Wildman–Crippen MR) is 111 cm³/mol. The van der Waals surface area contributed by atoms with Gasteiger partial charge in [0.15, 0.2) is 0 Å². The lowest BCUT2D eigenvalue weighted by Crippen LogP contribution is -2.15. The maximum atomic E-state index is 12.4. The Bertz CT molecular complexity index is 1180. The van der Waals surface area contributed by atoms with Gasteiger partial charge in [0.05, 0.1) is 17.1 Å². The Hall–Kier alpha value is -3.18. The first-order chi connectivity index (χ1) is 13.5. The molecule has 0 aliphatic heterocycles. The van der Waals surface area contributed by atoms with Crippen molar-refractivity contribution in [3.05, 3.63) is 98.6 Å². The number of hydrogen-bond donors (Lipinski definition) is 1. The molecule has 2 aromatic heterocycles. The third kappa shape index (κ3) is 3.49. The largest absolute Gasteiger partial charge is 0.268 e. The van der Waals surface area contributed by atoms with Crippen molar-refractivity contribution in [2.45, 2.75) is 20.3 Å². The van der Waals surface area contributed by atoms with Crippen molar-refractivity contribution in [3.8, 4) is 16.9 Å². The van der Waals surface area contributed by atoms with Gasteiger partial charge in [0, 0.05) is 23.1 Å². The van der Waals surface area contributed by atoms with Crippen LogP contribution in [0.3, 0.4) is 0 Å². The van der Waals surface area contributed by atoms with Crippen molar-refractivity contribution >= 4 is 11.6 Å². The van der Waals surface area contributed by atoms with E-state index in [1.807, 2.05) is 74.5 Å². The van der Waals surface area contributed by atoms with Crippen molar-refractivity contribution in [1.82, 2.24) is 20.0 Å². The van der Waals surface area contributed by atoms with Crippen LogP contribution in [0.25, 0.3) is 16.9 Å². The zero-order valence-electron chi connectivity index (χ0n) is 15.6. The van der Waals surface area contributed by atoms with E-state index in [1.54, 1.807) is 4.68 Å². The molecule has 0 unspecified atom stereocenters. The van der Waals surface area contributed by atoms with Crippen LogP contribution < -0.4 is 5.56 Å². The van der Waals surface area contributed by atoms with E-state index in [0.717, 1.165) is 28.2 Å². The van der Waals surface area contributed by atoms with Crippen molar-refractivity contribution in [2.24, 2.45) is 0 Å². The van der Waals surface area contributed by atoms with E-state index in [-0.39, 0.29) is 5.56 Å². The maximum absolute atomic E-state index is 12.4. The van der Waals surface area contributed by atoms with E-state index >= 15 is 0 Å². The van der Waals surface area contributed by atoms with Gasteiger partial charge in [-0.25, -0.2) is 9.78 Å². The molecule has 28 heavy (non-hydrogen) atoms. The first kappa shape index (κ1) is 18.2. The molecule has 2 heterocycles. The van der Waals surface area contributed by atoms with Gasteiger partial charge in [0.2, 0.25) is 0 Å². The number of benzene rings is 2. The van der Waals surface area contributed by atoms with Gasteiger partial charge in [0.1, 0.15) is 5.15 Å². The van der Waals surface area contributed by atoms with Crippen LogP contribution >= 0.6 is 11.6 Å². The summed E-state index contributed by atoms with van der Waals surface area (Å²) in [6.45, 7) is 3.93. The first-order valence-corrected chi connectivity index (χ1v) is 9.36. The minimum atomic E-state index is -0.223. The Morgan fingerprint density at radius 2 is 1.75 bits per heavy atom. The Kier molecular flexibility index (Phi) is 4.84. The van der Waals surface area contributed by atoms with E-state index in [4.69, 9.17) is 11.6 Å². The monoisotopic (exact) mass is 390 g/mol. The number of para-hydroxylation sites is 1. The Balaban J connectivity index is 1.72. The highest BCUT2D eigenvalue weighted by Gasteiger charge is 2.17. The van der Waals surface area contributed by atoms with Gasteiger partial charge < -0.3 is 0 Å². The van der Waals surface area contributed by atoms with E-state index in [0.29, 0.717) is 17.1 Å². The minimum absolute atomic E-state index is 0.223. The molecule has 2 aromatic carbocycles. The molecule has 4 rings (SSSR count). The van der Waals surface area contributed by atoms with Gasteiger partial charge in [-0.1, -0.05) is 59.6 Å². The molecule has 0 saturated carbocycles. The van der Waals surface area contributed by atoms with Gasteiger partial charge in [0.25, 0.3) is 5.56 Å². The number of hydrogen-bond acceptors (Lipinski definition) is 3. The second-order valence-electron chi connectivity index (χ2n) is 6.75. The van der Waals surface area contributed by atoms with Crippen molar-refractivity contribution in [3.63, 3.8) is 0 Å². The summed E-state index contributed by atoms with van der Waals surface area (Å²) in [5.74, 6) is 0. The minimum Gasteiger partial charge on any atom is -0.268 e. The van der Waals surface area contributed by atoms with Gasteiger partial charge in [-0.05, 0) is 32.0 Å². The number of rotatable bonds is 4. The van der Waals surface area contributed by atoms with Gasteiger partial charge in [-0.2, -0.15) is 10.2 Å². The Morgan fingerprint density at radius 3 is 2.46 bits per heavy atom. The lowest BCUT2D eigenvalue weighted by atomic mass is 10.0. The van der Waals surface area contributed by atoms with Crippen LogP contribution in [0, 0.1) is 13.8 Å². The van der Waals surface area contributed by atoms with E-state index in [9.17, 15) is 4.79 Å². The zero-order valence-corrected chi connectivity index (χ0v) is 16.4. The predicted octanol–water partition coefficient (Wildman–Crippen LogP) is 4.48. The van der Waals surface area contributed by atoms with Crippen LogP contribution in [0.15, 0.2) is 65.5 Å². The Morgan fingerprint density at radius 1 is 1.04 bits per heavy atom. The molecule has 0 spiro atoms. The first-order valence-electron chi connectivity index (χ1n) is 8.98. The van der Waals surface area contributed by atoms with Crippen molar-refractivity contribution in [1.29, 1.82) is 0 Å². The van der Waals surface area contributed by atoms with Crippen LogP contribution in [0.5, 0.6) is 0 Å². The Labute approximate surface area is 167 Å². The van der Waals surface area contributed by atoms with Crippen LogP contribution in [0.1, 0.15) is 22.4 Å². The molecule has 0 aliphatic rings. The number of nitrogens with zero attached hydrogens (tertiary/aromatic N) is 3. The average molecular weight is 391 g/mol. The summed E-state index contributed by atoms with van der Waals surface area (Å²) in [4.78, 5) is 12.4. The second-order valence-corrected chi connectivity index (χ2v) is 7.11. The summed E-state index contributed by atoms with van der Waals surface area (Å²) in [6, 6.07) is 19.5. The molecule has 140 valence electrons. The summed E-state index contributed by atoms with van der Waals surface area (Å²) in [5, 5.41) is 11.9. The average Bonchev–Trinajstić information content (AvgIpc) is 2.99. The van der Waals surface area contributed by atoms with E-state index in [1.165, 1.54) is 5.56 Å². The normalized spacial score (nSPS) is 11.0. The molecule has 0 amide bonds. The highest BCUT2D eigenvalue weighted by atomic mass is 35.5. The van der Waals surface area contributed by atoms with E-state index < -0.39 is 0 Å². The molecule has 6 heteroatoms. The third-order valence-corrected chi connectivity index (χ3v) is 5.11. The van der Waals surface area contributed by atoms with Crippen LogP contribution in [-0.4, -0.2) is 20.0 Å². The standard InChI is InChI=1S/C22H19ClN4O/c1-14-8-10-16(11-9-14)20-13-17(22(28)25-24-20)12-19-15(2)26-27(21(19)23)18-6-4-3-5-7-18/h3-11,13H,12H2,1-2H3,(H,25,28). The smallest absolute Gasteiger partial charge is 0.267 e. The molecule has 4 aromatic rings. The van der Waals surface area contributed by atoms with Crippen molar-refractivity contribution < 1.29 is 0 Å².